The number of anilines is 2. The van der Waals surface area contributed by atoms with Gasteiger partial charge >= 0.3 is 6.03 Å². The maximum atomic E-state index is 12.7. The number of aliphatic hydroxyl groups excluding tert-OH is 1. The minimum absolute atomic E-state index is 0.0578. The number of nitrogens with one attached hydrogen (secondary N) is 2. The van der Waals surface area contributed by atoms with Gasteiger partial charge in [0.05, 0.1) is 42.9 Å². The van der Waals surface area contributed by atoms with Gasteiger partial charge in [-0.3, -0.25) is 4.98 Å². The number of aliphatic hydroxyl groups is 1. The van der Waals surface area contributed by atoms with Crippen LogP contribution in [0, 0.1) is 5.92 Å². The molecule has 2 fully saturated rings. The van der Waals surface area contributed by atoms with Crippen molar-refractivity contribution in [3.05, 3.63) is 18.5 Å². The summed E-state index contributed by atoms with van der Waals surface area (Å²) in [7, 11) is 0. The van der Waals surface area contributed by atoms with Crippen molar-refractivity contribution in [3.8, 4) is 0 Å². The Morgan fingerprint density at radius 2 is 2.08 bits per heavy atom. The molecule has 26 heavy (non-hydrogen) atoms. The summed E-state index contributed by atoms with van der Waals surface area (Å²) in [5.74, 6) is 0.308. The Labute approximate surface area is 155 Å². The molecule has 1 atom stereocenters. The highest BCUT2D eigenvalue weighted by atomic mass is 16.5. The number of aromatic nitrogens is 1. The molecular weight excluding hydrogens is 332 g/mol. The van der Waals surface area contributed by atoms with Crippen molar-refractivity contribution in [3.63, 3.8) is 0 Å². The molecule has 1 aromatic heterocycles. The topological polar surface area (TPSA) is 86.7 Å². The first-order valence-electron chi connectivity index (χ1n) is 9.59. The van der Waals surface area contributed by atoms with Crippen molar-refractivity contribution in [1.82, 2.24) is 10.3 Å². The Morgan fingerprint density at radius 1 is 1.35 bits per heavy atom. The van der Waals surface area contributed by atoms with E-state index in [9.17, 15) is 9.90 Å². The van der Waals surface area contributed by atoms with E-state index >= 15 is 0 Å². The molecule has 0 aromatic carbocycles. The third-order valence-corrected chi connectivity index (χ3v) is 5.63. The fourth-order valence-corrected chi connectivity index (χ4v) is 3.97. The van der Waals surface area contributed by atoms with Crippen LogP contribution >= 0.6 is 0 Å². The van der Waals surface area contributed by atoms with Crippen LogP contribution in [0.3, 0.4) is 0 Å². The van der Waals surface area contributed by atoms with Crippen LogP contribution in [0.1, 0.15) is 39.0 Å². The number of hydrogen-bond donors (Lipinski definition) is 3. The zero-order chi connectivity index (χ0) is 18.4. The van der Waals surface area contributed by atoms with Gasteiger partial charge in [0.1, 0.15) is 0 Å². The van der Waals surface area contributed by atoms with E-state index in [1.807, 2.05) is 6.92 Å². The minimum atomic E-state index is -0.601. The van der Waals surface area contributed by atoms with E-state index in [0.717, 1.165) is 50.1 Å². The van der Waals surface area contributed by atoms with Crippen molar-refractivity contribution in [2.24, 2.45) is 5.92 Å². The molecule has 1 saturated heterocycles. The van der Waals surface area contributed by atoms with Gasteiger partial charge < -0.3 is 25.4 Å². The summed E-state index contributed by atoms with van der Waals surface area (Å²) in [6.45, 7) is 4.78. The van der Waals surface area contributed by atoms with E-state index in [0.29, 0.717) is 19.1 Å². The molecule has 1 aliphatic heterocycles. The lowest BCUT2D eigenvalue weighted by atomic mass is 9.76. The number of nitrogens with zero attached hydrogens (tertiary/aromatic N) is 2. The van der Waals surface area contributed by atoms with E-state index in [1.54, 1.807) is 18.5 Å². The molecule has 0 radical (unpaired) electrons. The van der Waals surface area contributed by atoms with Crippen LogP contribution < -0.4 is 15.5 Å². The second-order valence-corrected chi connectivity index (χ2v) is 7.48. The average Bonchev–Trinajstić information content (AvgIpc) is 2.69. The predicted molar refractivity (Wildman–Crippen MR) is 101 cm³/mol. The largest absolute Gasteiger partial charge is 0.394 e. The van der Waals surface area contributed by atoms with Gasteiger partial charge in [0, 0.05) is 19.3 Å². The molecule has 0 spiro atoms. The molecule has 1 aliphatic carbocycles. The van der Waals surface area contributed by atoms with Crippen LogP contribution in [-0.4, -0.2) is 54.6 Å². The monoisotopic (exact) mass is 362 g/mol. The van der Waals surface area contributed by atoms with E-state index in [2.05, 4.69) is 20.5 Å². The molecule has 7 heteroatoms. The maximum Gasteiger partial charge on any atom is 0.319 e. The number of rotatable bonds is 5. The number of urea groups is 1. The molecular formula is C19H30N4O3. The molecule has 1 saturated carbocycles. The molecule has 3 N–H and O–H groups in total. The lowest BCUT2D eigenvalue weighted by Crippen LogP contribution is -2.56. The van der Waals surface area contributed by atoms with Gasteiger partial charge in [-0.1, -0.05) is 19.3 Å². The van der Waals surface area contributed by atoms with Gasteiger partial charge in [-0.15, -0.1) is 0 Å². The summed E-state index contributed by atoms with van der Waals surface area (Å²) < 4.78 is 5.40. The summed E-state index contributed by atoms with van der Waals surface area (Å²) in [5, 5.41) is 15.9. The van der Waals surface area contributed by atoms with E-state index < -0.39 is 5.54 Å². The summed E-state index contributed by atoms with van der Waals surface area (Å²) in [5.41, 5.74) is 1.02. The summed E-state index contributed by atoms with van der Waals surface area (Å²) in [4.78, 5) is 19.0. The Balaban J connectivity index is 1.67. The van der Waals surface area contributed by atoms with Crippen LogP contribution in [0.25, 0.3) is 0 Å². The highest BCUT2D eigenvalue weighted by molar-refractivity contribution is 5.93. The third kappa shape index (κ3) is 4.45. The standard InChI is InChI=1S/C19H30N4O3/c1-19(14-24,15-5-3-2-4-6-15)22-18(25)21-16-7-8-20-13-17(16)23-9-11-26-12-10-23/h7-8,13,15,24H,2-6,9-12,14H2,1H3,(H2,20,21,22,25)/t19-/m1/s1. The van der Waals surface area contributed by atoms with Crippen molar-refractivity contribution >= 4 is 17.4 Å². The molecule has 7 nitrogen and oxygen atoms in total. The van der Waals surface area contributed by atoms with Crippen molar-refractivity contribution < 1.29 is 14.6 Å². The molecule has 3 rings (SSSR count). The number of morpholine rings is 1. The number of pyridine rings is 1. The first-order valence-corrected chi connectivity index (χ1v) is 9.59. The molecule has 2 heterocycles. The molecule has 0 unspecified atom stereocenters. The SMILES string of the molecule is C[C@](CO)(NC(=O)Nc1ccncc1N1CCOCC1)C1CCCCC1. The number of amides is 2. The molecule has 0 bridgehead atoms. The van der Waals surface area contributed by atoms with Gasteiger partial charge in [0.15, 0.2) is 0 Å². The Bertz CT molecular complexity index is 600. The zero-order valence-corrected chi connectivity index (χ0v) is 15.5. The number of carbonyl (C=O) groups is 1. The van der Waals surface area contributed by atoms with Gasteiger partial charge in [-0.2, -0.15) is 0 Å². The number of hydrogen-bond acceptors (Lipinski definition) is 5. The van der Waals surface area contributed by atoms with Crippen LogP contribution in [0.5, 0.6) is 0 Å². The lowest BCUT2D eigenvalue weighted by molar-refractivity contribution is 0.103. The van der Waals surface area contributed by atoms with Gasteiger partial charge in [0.2, 0.25) is 0 Å². The van der Waals surface area contributed by atoms with Crippen LogP contribution in [-0.2, 0) is 4.74 Å². The quantitative estimate of drug-likeness (QED) is 0.749. The maximum absolute atomic E-state index is 12.7. The smallest absolute Gasteiger partial charge is 0.319 e. The van der Waals surface area contributed by atoms with Crippen molar-refractivity contribution in [1.29, 1.82) is 0 Å². The van der Waals surface area contributed by atoms with Gasteiger partial charge in [-0.05, 0) is 31.7 Å². The second kappa shape index (κ2) is 8.68. The van der Waals surface area contributed by atoms with E-state index in [-0.39, 0.29) is 12.6 Å². The molecule has 2 amide bonds. The molecule has 144 valence electrons. The Hall–Kier alpha value is -1.86. The van der Waals surface area contributed by atoms with Crippen molar-refractivity contribution in [2.75, 3.05) is 43.1 Å². The second-order valence-electron chi connectivity index (χ2n) is 7.48. The third-order valence-electron chi connectivity index (χ3n) is 5.63. The zero-order valence-electron chi connectivity index (χ0n) is 15.5. The Morgan fingerprint density at radius 3 is 2.77 bits per heavy atom. The first kappa shape index (κ1) is 18.9. The van der Waals surface area contributed by atoms with Gasteiger partial charge in [0.25, 0.3) is 0 Å². The van der Waals surface area contributed by atoms with Crippen LogP contribution in [0.2, 0.25) is 0 Å². The normalized spacial score (nSPS) is 21.1. The minimum Gasteiger partial charge on any atom is -0.394 e. The highest BCUT2D eigenvalue weighted by Gasteiger charge is 2.36. The fourth-order valence-electron chi connectivity index (χ4n) is 3.97. The Kier molecular flexibility index (Phi) is 6.32. The van der Waals surface area contributed by atoms with E-state index in [1.165, 1.54) is 6.42 Å². The van der Waals surface area contributed by atoms with E-state index in [4.69, 9.17) is 4.74 Å². The molecule has 2 aliphatic rings. The summed E-state index contributed by atoms with van der Waals surface area (Å²) >= 11 is 0. The first-order chi connectivity index (χ1) is 12.6. The van der Waals surface area contributed by atoms with Crippen LogP contribution in [0.15, 0.2) is 18.5 Å². The molecule has 1 aromatic rings. The predicted octanol–water partition coefficient (Wildman–Crippen LogP) is 2.37. The van der Waals surface area contributed by atoms with Gasteiger partial charge in [-0.25, -0.2) is 4.79 Å². The van der Waals surface area contributed by atoms with Crippen molar-refractivity contribution in [2.45, 2.75) is 44.6 Å². The number of ether oxygens (including phenoxy) is 1. The lowest BCUT2D eigenvalue weighted by Gasteiger charge is -2.39. The summed E-state index contributed by atoms with van der Waals surface area (Å²) in [6, 6.07) is 1.52. The highest BCUT2D eigenvalue weighted by Crippen LogP contribution is 2.33. The van der Waals surface area contributed by atoms with Crippen LogP contribution in [0.4, 0.5) is 16.2 Å². The number of carbonyl (C=O) groups excluding carboxylic acids is 1. The average molecular weight is 362 g/mol. The summed E-state index contributed by atoms with van der Waals surface area (Å²) in [6.07, 6.45) is 9.10. The fraction of sp³-hybridized carbons (Fsp3) is 0.684.